The number of aromatic nitrogens is 2. The van der Waals surface area contributed by atoms with Gasteiger partial charge in [-0.1, -0.05) is 30.6 Å². The molecular formula is C14H18ClN3O2. The summed E-state index contributed by atoms with van der Waals surface area (Å²) in [5.74, 6) is 0.904. The molecule has 0 saturated heterocycles. The summed E-state index contributed by atoms with van der Waals surface area (Å²) in [7, 11) is 1.65. The van der Waals surface area contributed by atoms with Crippen molar-refractivity contribution in [3.63, 3.8) is 0 Å². The fraction of sp³-hybridized carbons (Fsp3) is 0.429. The summed E-state index contributed by atoms with van der Waals surface area (Å²) in [6.07, 6.45) is 1.52. The molecule has 0 atom stereocenters. The first kappa shape index (κ1) is 14.8. The number of rotatable bonds is 5. The number of ether oxygens (including phenoxy) is 1. The Labute approximate surface area is 123 Å². The van der Waals surface area contributed by atoms with Crippen LogP contribution in [0.1, 0.15) is 32.5 Å². The Kier molecular flexibility index (Phi) is 4.30. The Hall–Kier alpha value is -1.59. The molecular weight excluding hydrogens is 278 g/mol. The molecule has 1 heterocycles. The van der Waals surface area contributed by atoms with Gasteiger partial charge >= 0.3 is 0 Å². The molecule has 2 aromatic rings. The Morgan fingerprint density at radius 1 is 1.35 bits per heavy atom. The zero-order chi connectivity index (χ0) is 14.8. The van der Waals surface area contributed by atoms with E-state index in [0.29, 0.717) is 28.0 Å². The number of benzene rings is 1. The van der Waals surface area contributed by atoms with Crippen molar-refractivity contribution in [3.05, 3.63) is 29.0 Å². The van der Waals surface area contributed by atoms with Gasteiger partial charge in [0.15, 0.2) is 0 Å². The zero-order valence-electron chi connectivity index (χ0n) is 11.8. The van der Waals surface area contributed by atoms with Crippen molar-refractivity contribution in [2.24, 2.45) is 0 Å². The highest BCUT2D eigenvalue weighted by molar-refractivity contribution is 6.33. The van der Waals surface area contributed by atoms with Gasteiger partial charge in [0.05, 0.1) is 10.6 Å². The molecule has 0 aliphatic rings. The van der Waals surface area contributed by atoms with Crippen LogP contribution in [0.25, 0.3) is 11.5 Å². The minimum atomic E-state index is -0.526. The largest absolute Gasteiger partial charge is 0.399 e. The maximum atomic E-state index is 6.15. The van der Waals surface area contributed by atoms with Crippen LogP contribution in [-0.4, -0.2) is 17.3 Å². The number of halogens is 1. The van der Waals surface area contributed by atoms with Crippen LogP contribution in [0.4, 0.5) is 5.69 Å². The van der Waals surface area contributed by atoms with Gasteiger partial charge < -0.3 is 15.0 Å². The third-order valence-electron chi connectivity index (χ3n) is 3.59. The van der Waals surface area contributed by atoms with Crippen LogP contribution < -0.4 is 5.73 Å². The average Bonchev–Trinajstić information content (AvgIpc) is 2.91. The molecule has 1 aromatic heterocycles. The van der Waals surface area contributed by atoms with Crippen molar-refractivity contribution >= 4 is 17.3 Å². The highest BCUT2D eigenvalue weighted by atomic mass is 35.5. The minimum Gasteiger partial charge on any atom is -0.399 e. The summed E-state index contributed by atoms with van der Waals surface area (Å²) >= 11 is 6.15. The lowest BCUT2D eigenvalue weighted by molar-refractivity contribution is -0.0306. The van der Waals surface area contributed by atoms with Crippen LogP contribution >= 0.6 is 11.6 Å². The van der Waals surface area contributed by atoms with Gasteiger partial charge in [-0.3, -0.25) is 0 Å². The van der Waals surface area contributed by atoms with Gasteiger partial charge in [-0.05, 0) is 31.0 Å². The predicted octanol–water partition coefficient (Wildman–Crippen LogP) is 3.63. The molecule has 0 saturated carbocycles. The average molecular weight is 296 g/mol. The van der Waals surface area contributed by atoms with E-state index < -0.39 is 5.60 Å². The number of methoxy groups -OCH3 is 1. The SMILES string of the molecule is CCC(CC)(OC)c1noc(-c2ccc(N)cc2Cl)n1. The van der Waals surface area contributed by atoms with E-state index in [-0.39, 0.29) is 0 Å². The summed E-state index contributed by atoms with van der Waals surface area (Å²) < 4.78 is 10.9. The maximum absolute atomic E-state index is 6.15. The van der Waals surface area contributed by atoms with Gasteiger partial charge in [0.25, 0.3) is 5.89 Å². The van der Waals surface area contributed by atoms with E-state index in [4.69, 9.17) is 26.6 Å². The number of hydrogen-bond acceptors (Lipinski definition) is 5. The van der Waals surface area contributed by atoms with E-state index in [1.807, 2.05) is 13.8 Å². The predicted molar refractivity (Wildman–Crippen MR) is 78.4 cm³/mol. The van der Waals surface area contributed by atoms with Crippen LogP contribution in [0.5, 0.6) is 0 Å². The Morgan fingerprint density at radius 2 is 2.05 bits per heavy atom. The Morgan fingerprint density at radius 3 is 2.60 bits per heavy atom. The van der Waals surface area contributed by atoms with E-state index in [9.17, 15) is 0 Å². The topological polar surface area (TPSA) is 74.2 Å². The number of anilines is 1. The Bertz CT molecular complexity index is 586. The highest BCUT2D eigenvalue weighted by Crippen LogP contribution is 2.33. The van der Waals surface area contributed by atoms with E-state index in [1.54, 1.807) is 25.3 Å². The van der Waals surface area contributed by atoms with Crippen LogP contribution in [0.3, 0.4) is 0 Å². The summed E-state index contributed by atoms with van der Waals surface area (Å²) in [6.45, 7) is 4.05. The fourth-order valence-corrected chi connectivity index (χ4v) is 2.44. The zero-order valence-corrected chi connectivity index (χ0v) is 12.6. The molecule has 1 aromatic carbocycles. The summed E-state index contributed by atoms with van der Waals surface area (Å²) in [5, 5.41) is 4.52. The smallest absolute Gasteiger partial charge is 0.259 e. The van der Waals surface area contributed by atoms with Gasteiger partial charge in [0.2, 0.25) is 5.82 Å². The first-order valence-electron chi connectivity index (χ1n) is 6.51. The lowest BCUT2D eigenvalue weighted by atomic mass is 9.96. The molecule has 0 fully saturated rings. The normalized spacial score (nSPS) is 11.8. The maximum Gasteiger partial charge on any atom is 0.259 e. The summed E-state index contributed by atoms with van der Waals surface area (Å²) in [5.41, 5.74) is 6.40. The molecule has 6 heteroatoms. The second-order valence-corrected chi connectivity index (χ2v) is 4.98. The molecule has 0 bridgehead atoms. The van der Waals surface area contributed by atoms with Crippen molar-refractivity contribution < 1.29 is 9.26 Å². The first-order valence-corrected chi connectivity index (χ1v) is 6.88. The number of nitrogens with zero attached hydrogens (tertiary/aromatic N) is 2. The second-order valence-electron chi connectivity index (χ2n) is 4.57. The summed E-state index contributed by atoms with van der Waals surface area (Å²) in [4.78, 5) is 4.43. The van der Waals surface area contributed by atoms with Crippen molar-refractivity contribution in [3.8, 4) is 11.5 Å². The van der Waals surface area contributed by atoms with Crippen molar-refractivity contribution in [1.82, 2.24) is 10.1 Å². The Balaban J connectivity index is 2.42. The molecule has 0 unspecified atom stereocenters. The van der Waals surface area contributed by atoms with Crippen LogP contribution in [0, 0.1) is 0 Å². The first-order chi connectivity index (χ1) is 9.56. The molecule has 0 amide bonds. The second kappa shape index (κ2) is 5.81. The minimum absolute atomic E-state index is 0.369. The lowest BCUT2D eigenvalue weighted by Crippen LogP contribution is -2.28. The van der Waals surface area contributed by atoms with E-state index in [1.165, 1.54) is 0 Å². The monoisotopic (exact) mass is 295 g/mol. The van der Waals surface area contributed by atoms with Gasteiger partial charge in [0.1, 0.15) is 5.60 Å². The summed E-state index contributed by atoms with van der Waals surface area (Å²) in [6, 6.07) is 5.17. The van der Waals surface area contributed by atoms with Gasteiger partial charge in [-0.25, -0.2) is 0 Å². The molecule has 2 rings (SSSR count). The van der Waals surface area contributed by atoms with Crippen LogP contribution in [-0.2, 0) is 10.3 Å². The number of nitrogen functional groups attached to an aromatic ring is 1. The molecule has 108 valence electrons. The van der Waals surface area contributed by atoms with E-state index in [0.717, 1.165) is 12.8 Å². The third-order valence-corrected chi connectivity index (χ3v) is 3.90. The van der Waals surface area contributed by atoms with Gasteiger partial charge in [-0.2, -0.15) is 4.98 Å². The third kappa shape index (κ3) is 2.51. The van der Waals surface area contributed by atoms with Crippen molar-refractivity contribution in [2.75, 3.05) is 12.8 Å². The standard InChI is InChI=1S/C14H18ClN3O2/c1-4-14(5-2,19-3)13-17-12(20-18-13)10-7-6-9(16)8-11(10)15/h6-8H,4-5,16H2,1-3H3. The van der Waals surface area contributed by atoms with Crippen LogP contribution in [0.15, 0.2) is 22.7 Å². The molecule has 5 nitrogen and oxygen atoms in total. The lowest BCUT2D eigenvalue weighted by Gasteiger charge is -2.25. The highest BCUT2D eigenvalue weighted by Gasteiger charge is 2.34. The quantitative estimate of drug-likeness (QED) is 0.853. The molecule has 0 aliphatic heterocycles. The van der Waals surface area contributed by atoms with Gasteiger partial charge in [0, 0.05) is 12.8 Å². The molecule has 20 heavy (non-hydrogen) atoms. The van der Waals surface area contributed by atoms with Crippen molar-refractivity contribution in [2.45, 2.75) is 32.3 Å². The fourth-order valence-electron chi connectivity index (χ4n) is 2.17. The van der Waals surface area contributed by atoms with Crippen molar-refractivity contribution in [1.29, 1.82) is 0 Å². The molecule has 2 N–H and O–H groups in total. The van der Waals surface area contributed by atoms with E-state index >= 15 is 0 Å². The number of nitrogens with two attached hydrogens (primary N) is 1. The molecule has 0 radical (unpaired) electrons. The van der Waals surface area contributed by atoms with E-state index in [2.05, 4.69) is 10.1 Å². The van der Waals surface area contributed by atoms with Crippen LogP contribution in [0.2, 0.25) is 5.02 Å². The molecule has 0 spiro atoms. The number of hydrogen-bond donors (Lipinski definition) is 1. The van der Waals surface area contributed by atoms with Gasteiger partial charge in [-0.15, -0.1) is 0 Å². The molecule has 0 aliphatic carbocycles.